The number of amides is 1. The molecule has 156 valence electrons. The van der Waals surface area contributed by atoms with Crippen LogP contribution in [-0.4, -0.2) is 33.0 Å². The topological polar surface area (TPSA) is 84.7 Å². The van der Waals surface area contributed by atoms with Gasteiger partial charge in [-0.25, -0.2) is 9.48 Å². The number of anilines is 1. The van der Waals surface area contributed by atoms with Crippen molar-refractivity contribution >= 4 is 24.1 Å². The van der Waals surface area contributed by atoms with Crippen molar-refractivity contribution in [1.82, 2.24) is 9.78 Å². The second kappa shape index (κ2) is 9.75. The summed E-state index contributed by atoms with van der Waals surface area (Å²) in [6.45, 7) is 10.2. The van der Waals surface area contributed by atoms with E-state index in [4.69, 9.17) is 9.84 Å². The fourth-order valence-electron chi connectivity index (χ4n) is 3.52. The van der Waals surface area contributed by atoms with Gasteiger partial charge in [-0.1, -0.05) is 26.8 Å². The molecule has 0 unspecified atom stereocenters. The molecule has 1 aliphatic carbocycles. The van der Waals surface area contributed by atoms with Gasteiger partial charge in [0.25, 0.3) is 0 Å². The van der Waals surface area contributed by atoms with Crippen LogP contribution in [0.5, 0.6) is 5.75 Å². The largest absolute Gasteiger partial charge is 0.511 e. The van der Waals surface area contributed by atoms with Gasteiger partial charge in [-0.3, -0.25) is 9.69 Å². The van der Waals surface area contributed by atoms with E-state index in [1.165, 1.54) is 10.9 Å². The van der Waals surface area contributed by atoms with E-state index in [0.29, 0.717) is 11.8 Å². The maximum atomic E-state index is 13.3. The summed E-state index contributed by atoms with van der Waals surface area (Å²) >= 11 is 0. The smallest absolute Gasteiger partial charge is 0.449 e. The Morgan fingerprint density at radius 1 is 1.29 bits per heavy atom. The molecule has 1 amide bonds. The minimum Gasteiger partial charge on any atom is -0.449 e. The van der Waals surface area contributed by atoms with Crippen LogP contribution < -0.4 is 9.64 Å². The molecule has 1 aromatic rings. The molecule has 1 heterocycles. The molecule has 7 heteroatoms. The highest BCUT2D eigenvalue weighted by molar-refractivity contribution is 5.96. The summed E-state index contributed by atoms with van der Waals surface area (Å²) in [6.07, 6.45) is 8.47. The summed E-state index contributed by atoms with van der Waals surface area (Å²) in [6, 6.07) is -0.161. The molecule has 0 saturated heterocycles. The Balaban J connectivity index is 2.32. The molecule has 1 fully saturated rings. The molecule has 0 radical (unpaired) electrons. The van der Waals surface area contributed by atoms with Gasteiger partial charge < -0.3 is 9.84 Å². The van der Waals surface area contributed by atoms with Gasteiger partial charge in [0.1, 0.15) is 0 Å². The van der Waals surface area contributed by atoms with Crippen molar-refractivity contribution < 1.29 is 19.4 Å². The Morgan fingerprint density at radius 3 is 2.46 bits per heavy atom. The minimum absolute atomic E-state index is 0.00597. The fraction of sp³-hybridized carbons (Fsp3) is 0.667. The van der Waals surface area contributed by atoms with Crippen LogP contribution in [0.4, 0.5) is 10.6 Å². The summed E-state index contributed by atoms with van der Waals surface area (Å²) in [5, 5.41) is 13.6. The number of allylic oxidation sites excluding steroid dienone is 1. The molecule has 28 heavy (non-hydrogen) atoms. The lowest BCUT2D eigenvalue weighted by molar-refractivity contribution is -0.124. The Hall–Kier alpha value is -2.31. The number of ether oxygens (including phenoxy) is 1. The van der Waals surface area contributed by atoms with Gasteiger partial charge in [-0.2, -0.15) is 0 Å². The highest BCUT2D eigenvalue weighted by atomic mass is 16.7. The highest BCUT2D eigenvalue weighted by Gasteiger charge is 2.33. The number of aromatic nitrogens is 2. The van der Waals surface area contributed by atoms with Crippen molar-refractivity contribution in [1.29, 1.82) is 0 Å². The number of carbonyl (C=O) groups is 2. The highest BCUT2D eigenvalue weighted by Crippen LogP contribution is 2.34. The number of carboxylic acid groups (broad SMARTS) is 1. The molecule has 1 saturated carbocycles. The lowest BCUT2D eigenvalue weighted by Gasteiger charge is -2.32. The molecule has 0 bridgehead atoms. The van der Waals surface area contributed by atoms with E-state index in [2.05, 4.69) is 25.9 Å². The minimum atomic E-state index is -1.42. The van der Waals surface area contributed by atoms with Gasteiger partial charge in [0, 0.05) is 18.2 Å². The SMILES string of the molecule is CC(C)C/C=C/n1cc(OC(=O)O)c(N(C(=O)C2CCC(C)CC2)C(C)C)n1. The Kier molecular flexibility index (Phi) is 7.66. The monoisotopic (exact) mass is 391 g/mol. The van der Waals surface area contributed by atoms with E-state index in [-0.39, 0.29) is 29.4 Å². The van der Waals surface area contributed by atoms with Crippen molar-refractivity contribution in [3.63, 3.8) is 0 Å². The van der Waals surface area contributed by atoms with Crippen LogP contribution in [0.1, 0.15) is 66.7 Å². The maximum Gasteiger partial charge on any atom is 0.511 e. The molecule has 0 aromatic carbocycles. The Morgan fingerprint density at radius 2 is 1.93 bits per heavy atom. The van der Waals surface area contributed by atoms with E-state index < -0.39 is 6.16 Å². The first kappa shape index (κ1) is 22.0. The molecule has 1 aromatic heterocycles. The van der Waals surface area contributed by atoms with Crippen molar-refractivity contribution in [2.75, 3.05) is 4.90 Å². The summed E-state index contributed by atoms with van der Waals surface area (Å²) in [5.74, 6) is 1.42. The lowest BCUT2D eigenvalue weighted by Crippen LogP contribution is -2.42. The molecule has 7 nitrogen and oxygen atoms in total. The predicted molar refractivity (Wildman–Crippen MR) is 109 cm³/mol. The van der Waals surface area contributed by atoms with Gasteiger partial charge in [0.2, 0.25) is 11.7 Å². The van der Waals surface area contributed by atoms with Gasteiger partial charge in [0.15, 0.2) is 5.75 Å². The van der Waals surface area contributed by atoms with E-state index in [1.807, 2.05) is 19.9 Å². The van der Waals surface area contributed by atoms with E-state index in [9.17, 15) is 9.59 Å². The zero-order valence-electron chi connectivity index (χ0n) is 17.6. The van der Waals surface area contributed by atoms with Crippen LogP contribution in [-0.2, 0) is 4.79 Å². The molecule has 0 spiro atoms. The average Bonchev–Trinajstić information content (AvgIpc) is 2.96. The van der Waals surface area contributed by atoms with Crippen molar-refractivity contribution in [2.24, 2.45) is 17.8 Å². The third-order valence-electron chi connectivity index (χ3n) is 5.09. The van der Waals surface area contributed by atoms with Crippen LogP contribution in [0.2, 0.25) is 0 Å². The van der Waals surface area contributed by atoms with Gasteiger partial charge >= 0.3 is 6.16 Å². The Bertz CT molecular complexity index is 701. The number of rotatable bonds is 7. The van der Waals surface area contributed by atoms with Gasteiger partial charge in [0.05, 0.1) is 6.20 Å². The maximum absolute atomic E-state index is 13.3. The third-order valence-corrected chi connectivity index (χ3v) is 5.09. The average molecular weight is 392 g/mol. The fourth-order valence-corrected chi connectivity index (χ4v) is 3.52. The van der Waals surface area contributed by atoms with Gasteiger partial charge in [-0.05, 0) is 57.8 Å². The zero-order chi connectivity index (χ0) is 20.8. The first-order valence-corrected chi connectivity index (χ1v) is 10.2. The molecule has 0 aliphatic heterocycles. The molecule has 1 N–H and O–H groups in total. The molecule has 2 rings (SSSR count). The normalized spacial score (nSPS) is 20.1. The third kappa shape index (κ3) is 5.84. The van der Waals surface area contributed by atoms with Crippen LogP contribution >= 0.6 is 0 Å². The molecule has 1 aliphatic rings. The van der Waals surface area contributed by atoms with E-state index in [0.717, 1.165) is 32.1 Å². The number of hydrogen-bond acceptors (Lipinski definition) is 4. The summed E-state index contributed by atoms with van der Waals surface area (Å²) in [7, 11) is 0. The van der Waals surface area contributed by atoms with Gasteiger partial charge in [-0.15, -0.1) is 5.10 Å². The lowest BCUT2D eigenvalue weighted by atomic mass is 9.82. The van der Waals surface area contributed by atoms with Crippen LogP contribution in [0.15, 0.2) is 12.3 Å². The zero-order valence-corrected chi connectivity index (χ0v) is 17.6. The standard InChI is InChI=1S/C21H33N3O4/c1-14(2)7-6-12-23-13-18(28-21(26)27)19(22-23)24(15(3)4)20(25)17-10-8-16(5)9-11-17/h6,12-17H,7-11H2,1-5H3,(H,26,27)/b12-6+. The van der Waals surface area contributed by atoms with Crippen molar-refractivity contribution in [2.45, 2.75) is 72.8 Å². The molecular formula is C21H33N3O4. The molecule has 0 atom stereocenters. The second-order valence-corrected chi connectivity index (χ2v) is 8.44. The summed E-state index contributed by atoms with van der Waals surface area (Å²) < 4.78 is 6.46. The summed E-state index contributed by atoms with van der Waals surface area (Å²) in [5.41, 5.74) is 0. The number of nitrogens with zero attached hydrogens (tertiary/aromatic N) is 3. The van der Waals surface area contributed by atoms with Crippen LogP contribution in [0, 0.1) is 17.8 Å². The van der Waals surface area contributed by atoms with Crippen molar-refractivity contribution in [3.05, 3.63) is 12.3 Å². The van der Waals surface area contributed by atoms with Crippen LogP contribution in [0.25, 0.3) is 6.20 Å². The number of carbonyl (C=O) groups excluding carboxylic acids is 1. The quantitative estimate of drug-likeness (QED) is 0.659. The van der Waals surface area contributed by atoms with E-state index in [1.54, 1.807) is 11.1 Å². The first-order chi connectivity index (χ1) is 13.2. The van der Waals surface area contributed by atoms with Crippen molar-refractivity contribution in [3.8, 4) is 5.75 Å². The van der Waals surface area contributed by atoms with Crippen LogP contribution in [0.3, 0.4) is 0 Å². The Labute approximate surface area is 167 Å². The summed E-state index contributed by atoms with van der Waals surface area (Å²) in [4.78, 5) is 26.0. The number of hydrogen-bond donors (Lipinski definition) is 1. The van der Waals surface area contributed by atoms with E-state index >= 15 is 0 Å². The second-order valence-electron chi connectivity index (χ2n) is 8.44. The first-order valence-electron chi connectivity index (χ1n) is 10.2. The predicted octanol–water partition coefficient (Wildman–Crippen LogP) is 5.02. The molecular weight excluding hydrogens is 358 g/mol.